The fourth-order valence-corrected chi connectivity index (χ4v) is 5.68. The Balaban J connectivity index is 3.18. The Hall–Kier alpha value is -1.01. The SMILES string of the molecule is CCCCCC(=O)OC(CSc1cc(C(C)(C)C)c(O)c(C(C)(C)C)c1)CP(=O)(OC)OC. The van der Waals surface area contributed by atoms with E-state index < -0.39 is 13.7 Å². The minimum atomic E-state index is -3.36. The van der Waals surface area contributed by atoms with Crippen molar-refractivity contribution in [3.05, 3.63) is 23.3 Å². The number of esters is 1. The van der Waals surface area contributed by atoms with Crippen molar-refractivity contribution in [2.45, 2.75) is 96.0 Å². The number of benzene rings is 1. The molecule has 0 spiro atoms. The van der Waals surface area contributed by atoms with Gasteiger partial charge in [-0.3, -0.25) is 9.36 Å². The number of carbonyl (C=O) groups excluding carboxylic acids is 1. The van der Waals surface area contributed by atoms with Crippen LogP contribution in [-0.4, -0.2) is 43.3 Å². The lowest BCUT2D eigenvalue weighted by Gasteiger charge is -2.28. The first-order valence-corrected chi connectivity index (χ1v) is 14.3. The van der Waals surface area contributed by atoms with Crippen molar-refractivity contribution in [3.8, 4) is 5.75 Å². The lowest BCUT2D eigenvalue weighted by molar-refractivity contribution is -0.147. The third-order valence-corrected chi connectivity index (χ3v) is 8.48. The number of hydrogen-bond acceptors (Lipinski definition) is 7. The molecule has 0 heterocycles. The normalized spacial score (nSPS) is 13.7. The molecule has 0 aliphatic heterocycles. The molecular weight excluding hydrogens is 459 g/mol. The molecule has 0 aliphatic carbocycles. The fourth-order valence-electron chi connectivity index (χ4n) is 3.39. The standard InChI is InChI=1S/C25H43O6PS/c1-10-11-12-13-22(26)31-18(16-32(28,29-8)30-9)17-33-19-14-20(24(2,3)4)23(27)21(15-19)25(5,6)7/h14-15,18,27H,10-13,16-17H2,1-9H3. The van der Waals surface area contributed by atoms with E-state index in [-0.39, 0.29) is 23.0 Å². The van der Waals surface area contributed by atoms with Gasteiger partial charge >= 0.3 is 13.6 Å². The molecule has 6 nitrogen and oxygen atoms in total. The lowest BCUT2D eigenvalue weighted by atomic mass is 9.79. The third-order valence-electron chi connectivity index (χ3n) is 5.40. The van der Waals surface area contributed by atoms with Crippen molar-refractivity contribution in [1.29, 1.82) is 0 Å². The van der Waals surface area contributed by atoms with E-state index >= 15 is 0 Å². The van der Waals surface area contributed by atoms with Crippen molar-refractivity contribution in [2.75, 3.05) is 26.1 Å². The van der Waals surface area contributed by atoms with Crippen molar-refractivity contribution >= 4 is 25.3 Å². The average molecular weight is 503 g/mol. The zero-order valence-corrected chi connectivity index (χ0v) is 23.5. The van der Waals surface area contributed by atoms with Crippen molar-refractivity contribution in [2.24, 2.45) is 0 Å². The van der Waals surface area contributed by atoms with Gasteiger partial charge in [0.05, 0.1) is 6.16 Å². The van der Waals surface area contributed by atoms with Crippen LogP contribution in [0.25, 0.3) is 0 Å². The molecule has 0 amide bonds. The average Bonchev–Trinajstić information content (AvgIpc) is 2.71. The molecule has 0 radical (unpaired) electrons. The van der Waals surface area contributed by atoms with Crippen LogP contribution in [0.1, 0.15) is 85.3 Å². The van der Waals surface area contributed by atoms with E-state index in [1.54, 1.807) is 0 Å². The highest BCUT2D eigenvalue weighted by Crippen LogP contribution is 2.48. The van der Waals surface area contributed by atoms with Crippen LogP contribution >= 0.6 is 19.4 Å². The number of hydrogen-bond donors (Lipinski definition) is 1. The summed E-state index contributed by atoms with van der Waals surface area (Å²) in [6, 6.07) is 3.98. The Labute approximate surface area is 204 Å². The van der Waals surface area contributed by atoms with E-state index in [0.717, 1.165) is 35.3 Å². The highest BCUT2D eigenvalue weighted by atomic mass is 32.2. The molecule has 0 fully saturated rings. The predicted octanol–water partition coefficient (Wildman–Crippen LogP) is 7.06. The van der Waals surface area contributed by atoms with Gasteiger partial charge in [0.1, 0.15) is 11.9 Å². The Bertz CT molecular complexity index is 782. The summed E-state index contributed by atoms with van der Waals surface area (Å²) < 4.78 is 28.6. The molecule has 8 heteroatoms. The summed E-state index contributed by atoms with van der Waals surface area (Å²) in [5.74, 6) is 0.416. The molecule has 0 aromatic heterocycles. The molecule has 1 atom stereocenters. The molecule has 0 saturated carbocycles. The number of carbonyl (C=O) groups is 1. The zero-order chi connectivity index (χ0) is 25.4. The lowest BCUT2D eigenvalue weighted by Crippen LogP contribution is -2.25. The van der Waals surface area contributed by atoms with Crippen LogP contribution in [0.3, 0.4) is 0 Å². The molecular formula is C25H43O6PS. The largest absolute Gasteiger partial charge is 0.507 e. The van der Waals surface area contributed by atoms with Crippen molar-refractivity contribution in [1.82, 2.24) is 0 Å². The molecule has 0 saturated heterocycles. The number of phenols is 1. The van der Waals surface area contributed by atoms with E-state index in [4.69, 9.17) is 13.8 Å². The van der Waals surface area contributed by atoms with Crippen LogP contribution in [0.2, 0.25) is 0 Å². The Morgan fingerprint density at radius 3 is 1.97 bits per heavy atom. The zero-order valence-electron chi connectivity index (χ0n) is 21.8. The summed E-state index contributed by atoms with van der Waals surface area (Å²) in [5.41, 5.74) is 1.25. The molecule has 33 heavy (non-hydrogen) atoms. The number of phenolic OH excluding ortho intramolecular Hbond substituents is 1. The molecule has 190 valence electrons. The van der Waals surface area contributed by atoms with Crippen molar-refractivity contribution in [3.63, 3.8) is 0 Å². The number of unbranched alkanes of at least 4 members (excludes halogenated alkanes) is 2. The molecule has 1 aromatic carbocycles. The Morgan fingerprint density at radius 2 is 1.55 bits per heavy atom. The van der Waals surface area contributed by atoms with Gasteiger partial charge in [-0.25, -0.2) is 0 Å². The second-order valence-electron chi connectivity index (χ2n) is 10.4. The van der Waals surface area contributed by atoms with Crippen LogP contribution in [0.5, 0.6) is 5.75 Å². The monoisotopic (exact) mass is 502 g/mol. The fraction of sp³-hybridized carbons (Fsp3) is 0.720. The van der Waals surface area contributed by atoms with Gasteiger partial charge in [-0.05, 0) is 29.4 Å². The van der Waals surface area contributed by atoms with E-state index in [2.05, 4.69) is 48.5 Å². The smallest absolute Gasteiger partial charge is 0.333 e. The van der Waals surface area contributed by atoms with E-state index in [9.17, 15) is 14.5 Å². The van der Waals surface area contributed by atoms with Gasteiger partial charge in [-0.15, -0.1) is 11.8 Å². The minimum Gasteiger partial charge on any atom is -0.507 e. The van der Waals surface area contributed by atoms with E-state index in [0.29, 0.717) is 17.9 Å². The van der Waals surface area contributed by atoms with Gasteiger partial charge in [0.2, 0.25) is 0 Å². The van der Waals surface area contributed by atoms with Gasteiger partial charge in [-0.1, -0.05) is 61.3 Å². The number of rotatable bonds is 12. The molecule has 1 unspecified atom stereocenters. The van der Waals surface area contributed by atoms with Crippen LogP contribution in [0, 0.1) is 0 Å². The van der Waals surface area contributed by atoms with Crippen LogP contribution in [0.4, 0.5) is 0 Å². The maximum atomic E-state index is 12.8. The first-order valence-electron chi connectivity index (χ1n) is 11.6. The summed E-state index contributed by atoms with van der Waals surface area (Å²) in [4.78, 5) is 13.3. The maximum absolute atomic E-state index is 12.8. The quantitative estimate of drug-likeness (QED) is 0.142. The summed E-state index contributed by atoms with van der Waals surface area (Å²) >= 11 is 1.51. The molecule has 0 aliphatic rings. The summed E-state index contributed by atoms with van der Waals surface area (Å²) in [6.45, 7) is 14.5. The Kier molecular flexibility index (Phi) is 11.5. The first-order chi connectivity index (χ1) is 15.2. The third kappa shape index (κ3) is 9.64. The summed E-state index contributed by atoms with van der Waals surface area (Å²) in [5, 5.41) is 11.0. The summed E-state index contributed by atoms with van der Waals surface area (Å²) in [7, 11) is -0.685. The Morgan fingerprint density at radius 1 is 1.03 bits per heavy atom. The van der Waals surface area contributed by atoms with Crippen LogP contribution in [0.15, 0.2) is 17.0 Å². The second-order valence-corrected chi connectivity index (χ2v) is 13.8. The van der Waals surface area contributed by atoms with E-state index in [1.165, 1.54) is 26.0 Å². The van der Waals surface area contributed by atoms with E-state index in [1.807, 2.05) is 12.1 Å². The highest BCUT2D eigenvalue weighted by molar-refractivity contribution is 7.99. The minimum absolute atomic E-state index is 0.0111. The number of aromatic hydroxyl groups is 1. The van der Waals surface area contributed by atoms with Gasteiger partial charge in [0, 0.05) is 42.4 Å². The molecule has 1 rings (SSSR count). The maximum Gasteiger partial charge on any atom is 0.333 e. The number of thioether (sulfide) groups is 1. The van der Waals surface area contributed by atoms with Gasteiger partial charge in [0.15, 0.2) is 0 Å². The molecule has 0 bridgehead atoms. The number of ether oxygens (including phenoxy) is 1. The van der Waals surface area contributed by atoms with Crippen molar-refractivity contribution < 1.29 is 28.3 Å². The second kappa shape index (κ2) is 12.6. The van der Waals surface area contributed by atoms with Gasteiger partial charge in [0.25, 0.3) is 0 Å². The summed E-state index contributed by atoms with van der Waals surface area (Å²) in [6.07, 6.45) is 2.44. The van der Waals surface area contributed by atoms with Gasteiger partial charge in [-0.2, -0.15) is 0 Å². The van der Waals surface area contributed by atoms with Crippen LogP contribution in [-0.2, 0) is 34.0 Å². The molecule has 1 N–H and O–H groups in total. The van der Waals surface area contributed by atoms with Crippen LogP contribution < -0.4 is 0 Å². The predicted molar refractivity (Wildman–Crippen MR) is 137 cm³/mol. The van der Waals surface area contributed by atoms with Gasteiger partial charge < -0.3 is 18.9 Å². The first kappa shape index (κ1) is 30.0. The molecule has 1 aromatic rings. The topological polar surface area (TPSA) is 82.1 Å². The highest BCUT2D eigenvalue weighted by Gasteiger charge is 2.31.